The highest BCUT2D eigenvalue weighted by atomic mass is 16.5. The molecule has 1 aromatic carbocycles. The van der Waals surface area contributed by atoms with Gasteiger partial charge in [-0.3, -0.25) is 0 Å². The van der Waals surface area contributed by atoms with Gasteiger partial charge in [-0.2, -0.15) is 0 Å². The third-order valence-electron chi connectivity index (χ3n) is 2.66. The maximum Gasteiger partial charge on any atom is 0.321 e. The molecule has 0 saturated carbocycles. The van der Waals surface area contributed by atoms with Gasteiger partial charge in [0.25, 0.3) is 0 Å². The summed E-state index contributed by atoms with van der Waals surface area (Å²) in [6.45, 7) is 4.68. The first-order valence-corrected chi connectivity index (χ1v) is 5.98. The van der Waals surface area contributed by atoms with E-state index >= 15 is 0 Å². The van der Waals surface area contributed by atoms with E-state index < -0.39 is 0 Å². The van der Waals surface area contributed by atoms with E-state index in [-0.39, 0.29) is 0 Å². The molecule has 0 saturated heterocycles. The van der Waals surface area contributed by atoms with Crippen LogP contribution < -0.4 is 10.5 Å². The predicted molar refractivity (Wildman–Crippen MR) is 70.5 cm³/mol. The lowest BCUT2D eigenvalue weighted by atomic mass is 10.0. The molecule has 0 spiro atoms. The molecule has 1 aromatic heterocycles. The third kappa shape index (κ3) is 2.84. The number of hydrogen-bond acceptors (Lipinski definition) is 4. The van der Waals surface area contributed by atoms with Crippen LogP contribution >= 0.6 is 0 Å². The number of para-hydroxylation sites is 1. The standard InChI is InChI=1S/C14H17N3O/c1-10(2)12-5-3-4-6-13(12)18-14-16-8-11(7-15)9-17-14/h3-6,8-10H,7,15H2,1-2H3. The molecule has 94 valence electrons. The van der Waals surface area contributed by atoms with Crippen molar-refractivity contribution in [3.05, 3.63) is 47.8 Å². The van der Waals surface area contributed by atoms with Crippen molar-refractivity contribution in [3.63, 3.8) is 0 Å². The maximum atomic E-state index is 5.71. The van der Waals surface area contributed by atoms with Crippen molar-refractivity contribution in [1.82, 2.24) is 9.97 Å². The number of rotatable bonds is 4. The normalized spacial score (nSPS) is 10.7. The number of nitrogens with zero attached hydrogens (tertiary/aromatic N) is 2. The smallest absolute Gasteiger partial charge is 0.321 e. The molecule has 2 aromatic rings. The van der Waals surface area contributed by atoms with Crippen molar-refractivity contribution < 1.29 is 4.74 Å². The first-order chi connectivity index (χ1) is 8.70. The summed E-state index contributed by atoms with van der Waals surface area (Å²) in [6, 6.07) is 8.26. The molecule has 1 heterocycles. The number of aromatic nitrogens is 2. The van der Waals surface area contributed by atoms with Gasteiger partial charge in [0.15, 0.2) is 0 Å². The predicted octanol–water partition coefficient (Wildman–Crippen LogP) is 2.85. The van der Waals surface area contributed by atoms with Crippen LogP contribution in [0.3, 0.4) is 0 Å². The molecule has 0 aliphatic carbocycles. The molecule has 2 rings (SSSR count). The van der Waals surface area contributed by atoms with Gasteiger partial charge in [-0.1, -0.05) is 32.0 Å². The second kappa shape index (κ2) is 5.60. The first-order valence-electron chi connectivity index (χ1n) is 5.98. The lowest BCUT2D eigenvalue weighted by molar-refractivity contribution is 0.433. The zero-order valence-corrected chi connectivity index (χ0v) is 10.6. The Morgan fingerprint density at radius 2 is 1.83 bits per heavy atom. The van der Waals surface area contributed by atoms with Crippen LogP contribution in [0.1, 0.15) is 30.9 Å². The summed E-state index contributed by atoms with van der Waals surface area (Å²) >= 11 is 0. The fourth-order valence-corrected chi connectivity index (χ4v) is 1.65. The Bertz CT molecular complexity index is 509. The quantitative estimate of drug-likeness (QED) is 0.897. The SMILES string of the molecule is CC(C)c1ccccc1Oc1ncc(CN)cn1. The van der Waals surface area contributed by atoms with Crippen LogP contribution in [0.2, 0.25) is 0 Å². The fraction of sp³-hybridized carbons (Fsp3) is 0.286. The van der Waals surface area contributed by atoms with E-state index in [1.165, 1.54) is 0 Å². The van der Waals surface area contributed by atoms with Crippen molar-refractivity contribution in [1.29, 1.82) is 0 Å². The summed E-state index contributed by atoms with van der Waals surface area (Å²) in [6.07, 6.45) is 3.36. The number of hydrogen-bond donors (Lipinski definition) is 1. The topological polar surface area (TPSA) is 61.0 Å². The zero-order valence-electron chi connectivity index (χ0n) is 10.6. The Kier molecular flexibility index (Phi) is 3.89. The Morgan fingerprint density at radius 3 is 2.44 bits per heavy atom. The van der Waals surface area contributed by atoms with E-state index in [9.17, 15) is 0 Å². The molecule has 0 unspecified atom stereocenters. The molecule has 4 nitrogen and oxygen atoms in total. The van der Waals surface area contributed by atoms with Gasteiger partial charge in [0.2, 0.25) is 0 Å². The molecule has 0 atom stereocenters. The van der Waals surface area contributed by atoms with Crippen LogP contribution in [0.15, 0.2) is 36.7 Å². The van der Waals surface area contributed by atoms with Gasteiger partial charge < -0.3 is 10.5 Å². The highest BCUT2D eigenvalue weighted by Gasteiger charge is 2.08. The van der Waals surface area contributed by atoms with Gasteiger partial charge in [-0.05, 0) is 17.5 Å². The van der Waals surface area contributed by atoms with Crippen molar-refractivity contribution in [2.75, 3.05) is 0 Å². The Balaban J connectivity index is 2.22. The Hall–Kier alpha value is -1.94. The monoisotopic (exact) mass is 243 g/mol. The van der Waals surface area contributed by atoms with Gasteiger partial charge in [0.05, 0.1) is 0 Å². The zero-order chi connectivity index (χ0) is 13.0. The molecule has 0 aliphatic rings. The summed E-state index contributed by atoms with van der Waals surface area (Å²) in [5, 5.41) is 0. The molecule has 2 N–H and O–H groups in total. The molecule has 4 heteroatoms. The van der Waals surface area contributed by atoms with Gasteiger partial charge in [-0.15, -0.1) is 0 Å². The minimum Gasteiger partial charge on any atom is -0.424 e. The highest BCUT2D eigenvalue weighted by Crippen LogP contribution is 2.28. The van der Waals surface area contributed by atoms with Crippen LogP contribution in [0.25, 0.3) is 0 Å². The summed E-state index contributed by atoms with van der Waals surface area (Å²) in [4.78, 5) is 8.26. The van der Waals surface area contributed by atoms with Crippen LogP contribution in [-0.4, -0.2) is 9.97 Å². The van der Waals surface area contributed by atoms with Crippen LogP contribution in [0.5, 0.6) is 11.8 Å². The van der Waals surface area contributed by atoms with Crippen molar-refractivity contribution in [2.45, 2.75) is 26.3 Å². The molecular formula is C14H17N3O. The van der Waals surface area contributed by atoms with E-state index in [1.807, 2.05) is 24.3 Å². The summed E-state index contributed by atoms with van der Waals surface area (Å²) < 4.78 is 5.71. The maximum absolute atomic E-state index is 5.71. The van der Waals surface area contributed by atoms with Crippen LogP contribution in [0, 0.1) is 0 Å². The van der Waals surface area contributed by atoms with Crippen LogP contribution in [-0.2, 0) is 6.54 Å². The molecule has 18 heavy (non-hydrogen) atoms. The molecule has 0 bridgehead atoms. The van der Waals surface area contributed by atoms with E-state index in [1.54, 1.807) is 12.4 Å². The largest absolute Gasteiger partial charge is 0.424 e. The average Bonchev–Trinajstić information content (AvgIpc) is 2.40. The first kappa shape index (κ1) is 12.5. The molecular weight excluding hydrogens is 226 g/mol. The summed E-state index contributed by atoms with van der Waals surface area (Å²) in [7, 11) is 0. The molecule has 0 radical (unpaired) electrons. The number of ether oxygens (including phenoxy) is 1. The van der Waals surface area contributed by atoms with Crippen molar-refractivity contribution in [2.24, 2.45) is 5.73 Å². The summed E-state index contributed by atoms with van der Waals surface area (Å²) in [5.41, 5.74) is 7.53. The number of nitrogens with two attached hydrogens (primary N) is 1. The minimum absolute atomic E-state index is 0.348. The van der Waals surface area contributed by atoms with Crippen LogP contribution in [0.4, 0.5) is 0 Å². The second-order valence-corrected chi connectivity index (χ2v) is 4.37. The molecule has 0 aliphatic heterocycles. The summed E-state index contributed by atoms with van der Waals surface area (Å²) in [5.74, 6) is 1.19. The Morgan fingerprint density at radius 1 is 1.17 bits per heavy atom. The van der Waals surface area contributed by atoms with E-state index in [4.69, 9.17) is 10.5 Å². The highest BCUT2D eigenvalue weighted by molar-refractivity contribution is 5.37. The van der Waals surface area contributed by atoms with E-state index in [0.717, 1.165) is 16.9 Å². The Labute approximate surface area is 107 Å². The molecule has 0 fully saturated rings. The van der Waals surface area contributed by atoms with Gasteiger partial charge in [0.1, 0.15) is 5.75 Å². The second-order valence-electron chi connectivity index (χ2n) is 4.37. The lowest BCUT2D eigenvalue weighted by Gasteiger charge is -2.12. The molecule has 0 amide bonds. The fourth-order valence-electron chi connectivity index (χ4n) is 1.65. The van der Waals surface area contributed by atoms with Gasteiger partial charge >= 0.3 is 6.01 Å². The lowest BCUT2D eigenvalue weighted by Crippen LogP contribution is -2.00. The minimum atomic E-state index is 0.348. The van der Waals surface area contributed by atoms with Crippen molar-refractivity contribution in [3.8, 4) is 11.8 Å². The van der Waals surface area contributed by atoms with Gasteiger partial charge in [-0.25, -0.2) is 9.97 Å². The van der Waals surface area contributed by atoms with Crippen molar-refractivity contribution >= 4 is 0 Å². The third-order valence-corrected chi connectivity index (χ3v) is 2.66. The number of benzene rings is 1. The van der Waals surface area contributed by atoms with Gasteiger partial charge in [0, 0.05) is 24.5 Å². The van der Waals surface area contributed by atoms with E-state index in [0.29, 0.717) is 18.5 Å². The van der Waals surface area contributed by atoms with E-state index in [2.05, 4.69) is 23.8 Å². The average molecular weight is 243 g/mol.